The van der Waals surface area contributed by atoms with Gasteiger partial charge in [0.1, 0.15) is 11.4 Å². The number of carbonyl (C=O) groups is 1. The van der Waals surface area contributed by atoms with E-state index in [9.17, 15) is 4.79 Å². The lowest BCUT2D eigenvalue weighted by Crippen LogP contribution is -2.22. The van der Waals surface area contributed by atoms with Gasteiger partial charge in [-0.15, -0.1) is 0 Å². The Morgan fingerprint density at radius 3 is 2.79 bits per heavy atom. The zero-order valence-electron chi connectivity index (χ0n) is 8.23. The summed E-state index contributed by atoms with van der Waals surface area (Å²) in [4.78, 5) is 16.8. The smallest absolute Gasteiger partial charge is 0.359 e. The minimum Gasteiger partial charge on any atom is -0.420 e. The Balaban J connectivity index is 2.63. The molecule has 0 radical (unpaired) electrons. The molecule has 1 aromatic heterocycles. The van der Waals surface area contributed by atoms with E-state index in [1.165, 1.54) is 6.20 Å². The number of nitrogens with zero attached hydrogens (tertiary/aromatic N) is 2. The Morgan fingerprint density at radius 1 is 1.57 bits per heavy atom. The van der Waals surface area contributed by atoms with E-state index in [0.717, 1.165) is 0 Å². The number of rotatable bonds is 3. The predicted octanol–water partition coefficient (Wildman–Crippen LogP) is 1.06. The van der Waals surface area contributed by atoms with E-state index in [0.29, 0.717) is 11.4 Å². The molecule has 74 valence electrons. The topological polar surface area (TPSA) is 42.4 Å². The summed E-state index contributed by atoms with van der Waals surface area (Å²) in [5, 5.41) is 0. The van der Waals surface area contributed by atoms with Crippen LogP contribution < -0.4 is 4.74 Å². The average Bonchev–Trinajstić information content (AvgIpc) is 2.18. The highest BCUT2D eigenvalue weighted by molar-refractivity contribution is 5.88. The zero-order valence-corrected chi connectivity index (χ0v) is 8.23. The summed E-state index contributed by atoms with van der Waals surface area (Å²) in [6, 6.07) is 3.36. The van der Waals surface area contributed by atoms with Gasteiger partial charge in [-0.05, 0) is 12.1 Å². The second-order valence-electron chi connectivity index (χ2n) is 2.92. The lowest BCUT2D eigenvalue weighted by Gasteiger charge is -2.13. The standard InChI is InChI=1S/C10H12N2O2/c1-8(12(2)3)10(13)14-9-5-4-6-11-7-9/h4-7H,1H2,2-3H3. The summed E-state index contributed by atoms with van der Waals surface area (Å²) in [6.45, 7) is 3.58. The van der Waals surface area contributed by atoms with Gasteiger partial charge in [0.25, 0.3) is 0 Å². The van der Waals surface area contributed by atoms with Crippen LogP contribution in [0.5, 0.6) is 5.75 Å². The first-order valence-corrected chi connectivity index (χ1v) is 4.09. The SMILES string of the molecule is C=C(C(=O)Oc1cccnc1)N(C)C. The van der Waals surface area contributed by atoms with Crippen molar-refractivity contribution in [2.45, 2.75) is 0 Å². The fraction of sp³-hybridized carbons (Fsp3) is 0.200. The largest absolute Gasteiger partial charge is 0.420 e. The van der Waals surface area contributed by atoms with Crippen molar-refractivity contribution in [2.24, 2.45) is 0 Å². The van der Waals surface area contributed by atoms with Crippen molar-refractivity contribution in [3.63, 3.8) is 0 Å². The van der Waals surface area contributed by atoms with Crippen molar-refractivity contribution >= 4 is 5.97 Å². The first kappa shape index (κ1) is 10.2. The molecule has 0 N–H and O–H groups in total. The molecule has 0 aliphatic carbocycles. The van der Waals surface area contributed by atoms with Gasteiger partial charge in [-0.2, -0.15) is 0 Å². The van der Waals surface area contributed by atoms with Gasteiger partial charge in [0, 0.05) is 20.3 Å². The first-order chi connectivity index (χ1) is 6.61. The molecule has 1 heterocycles. The third-order valence-electron chi connectivity index (χ3n) is 1.62. The number of ether oxygens (including phenoxy) is 1. The number of carbonyl (C=O) groups excluding carboxylic acids is 1. The quantitative estimate of drug-likeness (QED) is 0.530. The van der Waals surface area contributed by atoms with Crippen LogP contribution in [-0.2, 0) is 4.79 Å². The Labute approximate surface area is 82.8 Å². The first-order valence-electron chi connectivity index (χ1n) is 4.09. The van der Waals surface area contributed by atoms with Crippen molar-refractivity contribution in [3.8, 4) is 5.75 Å². The molecule has 1 aromatic rings. The van der Waals surface area contributed by atoms with Crippen LogP contribution in [0.2, 0.25) is 0 Å². The van der Waals surface area contributed by atoms with E-state index in [-0.39, 0.29) is 0 Å². The van der Waals surface area contributed by atoms with Gasteiger partial charge in [-0.3, -0.25) is 4.98 Å². The molecule has 0 atom stereocenters. The molecule has 4 heteroatoms. The molecule has 1 rings (SSSR count). The monoisotopic (exact) mass is 192 g/mol. The Hall–Kier alpha value is -1.84. The normalized spacial score (nSPS) is 9.29. The number of pyridine rings is 1. The highest BCUT2D eigenvalue weighted by atomic mass is 16.5. The van der Waals surface area contributed by atoms with E-state index >= 15 is 0 Å². The van der Waals surface area contributed by atoms with Crippen molar-refractivity contribution in [3.05, 3.63) is 36.8 Å². The summed E-state index contributed by atoms with van der Waals surface area (Å²) in [7, 11) is 3.46. The highest BCUT2D eigenvalue weighted by Gasteiger charge is 2.10. The molecule has 0 aliphatic rings. The summed E-state index contributed by atoms with van der Waals surface area (Å²) in [5.41, 5.74) is 0.300. The maximum absolute atomic E-state index is 11.4. The van der Waals surface area contributed by atoms with E-state index in [1.807, 2.05) is 0 Å². The van der Waals surface area contributed by atoms with Gasteiger partial charge in [0.05, 0.1) is 6.20 Å². The van der Waals surface area contributed by atoms with Crippen LogP contribution in [0.25, 0.3) is 0 Å². The number of hydrogen-bond acceptors (Lipinski definition) is 4. The van der Waals surface area contributed by atoms with Gasteiger partial charge >= 0.3 is 5.97 Å². The van der Waals surface area contributed by atoms with Gasteiger partial charge < -0.3 is 9.64 Å². The van der Waals surface area contributed by atoms with Gasteiger partial charge in [-0.25, -0.2) is 4.79 Å². The van der Waals surface area contributed by atoms with Crippen LogP contribution >= 0.6 is 0 Å². The minimum atomic E-state index is -0.469. The predicted molar refractivity (Wildman–Crippen MR) is 52.7 cm³/mol. The molecule has 4 nitrogen and oxygen atoms in total. The van der Waals surface area contributed by atoms with Gasteiger partial charge in [-0.1, -0.05) is 6.58 Å². The fourth-order valence-corrected chi connectivity index (χ4v) is 0.756. The number of likely N-dealkylation sites (N-methyl/N-ethyl adjacent to an activating group) is 1. The van der Waals surface area contributed by atoms with Crippen molar-refractivity contribution in [2.75, 3.05) is 14.1 Å². The van der Waals surface area contributed by atoms with Gasteiger partial charge in [0.15, 0.2) is 0 Å². The van der Waals surface area contributed by atoms with E-state index in [2.05, 4.69) is 11.6 Å². The van der Waals surface area contributed by atoms with Crippen LogP contribution in [0.15, 0.2) is 36.8 Å². The molecule has 0 aromatic carbocycles. The molecule has 0 aliphatic heterocycles. The molecule has 0 bridgehead atoms. The Kier molecular flexibility index (Phi) is 3.23. The average molecular weight is 192 g/mol. The Bertz CT molecular complexity index is 333. The highest BCUT2D eigenvalue weighted by Crippen LogP contribution is 2.09. The van der Waals surface area contributed by atoms with E-state index < -0.39 is 5.97 Å². The lowest BCUT2D eigenvalue weighted by atomic mass is 10.4. The van der Waals surface area contributed by atoms with Crippen LogP contribution in [0, 0.1) is 0 Å². The third kappa shape index (κ3) is 2.58. The zero-order chi connectivity index (χ0) is 10.6. The molecular formula is C10H12N2O2. The van der Waals surface area contributed by atoms with E-state index in [4.69, 9.17) is 4.74 Å². The maximum atomic E-state index is 11.4. The molecule has 0 saturated heterocycles. The van der Waals surface area contributed by atoms with Crippen molar-refractivity contribution in [1.29, 1.82) is 0 Å². The molecule has 0 fully saturated rings. The molecule has 14 heavy (non-hydrogen) atoms. The number of esters is 1. The summed E-state index contributed by atoms with van der Waals surface area (Å²) in [6.07, 6.45) is 3.08. The van der Waals surface area contributed by atoms with Crippen molar-refractivity contribution in [1.82, 2.24) is 9.88 Å². The van der Waals surface area contributed by atoms with Crippen LogP contribution in [-0.4, -0.2) is 29.9 Å². The lowest BCUT2D eigenvalue weighted by molar-refractivity contribution is -0.131. The maximum Gasteiger partial charge on any atom is 0.359 e. The van der Waals surface area contributed by atoms with Crippen LogP contribution in [0.1, 0.15) is 0 Å². The van der Waals surface area contributed by atoms with Crippen molar-refractivity contribution < 1.29 is 9.53 Å². The molecule has 0 saturated carbocycles. The minimum absolute atomic E-state index is 0.300. The second kappa shape index (κ2) is 4.41. The molecule has 0 unspecified atom stereocenters. The summed E-state index contributed by atoms with van der Waals surface area (Å²) >= 11 is 0. The number of aromatic nitrogens is 1. The number of hydrogen-bond donors (Lipinski definition) is 0. The van der Waals surface area contributed by atoms with Gasteiger partial charge in [0.2, 0.25) is 0 Å². The Morgan fingerprint density at radius 2 is 2.29 bits per heavy atom. The molecular weight excluding hydrogens is 180 g/mol. The fourth-order valence-electron chi connectivity index (χ4n) is 0.756. The third-order valence-corrected chi connectivity index (χ3v) is 1.62. The second-order valence-corrected chi connectivity index (χ2v) is 2.92. The van der Waals surface area contributed by atoms with Crippen LogP contribution in [0.4, 0.5) is 0 Å². The van der Waals surface area contributed by atoms with Crippen LogP contribution in [0.3, 0.4) is 0 Å². The summed E-state index contributed by atoms with van der Waals surface area (Å²) < 4.78 is 4.99. The molecule has 0 amide bonds. The summed E-state index contributed by atoms with van der Waals surface area (Å²) in [5.74, 6) is -0.0523. The molecule has 0 spiro atoms. The van der Waals surface area contributed by atoms with E-state index in [1.54, 1.807) is 37.3 Å².